The lowest BCUT2D eigenvalue weighted by Crippen LogP contribution is -2.52. The van der Waals surface area contributed by atoms with Crippen molar-refractivity contribution in [3.05, 3.63) is 35.4 Å². The molecule has 0 radical (unpaired) electrons. The van der Waals surface area contributed by atoms with E-state index in [0.717, 1.165) is 19.5 Å². The molecule has 2 N–H and O–H groups in total. The van der Waals surface area contributed by atoms with E-state index in [1.165, 1.54) is 11.1 Å². The molecule has 3 heteroatoms. The summed E-state index contributed by atoms with van der Waals surface area (Å²) in [5.74, 6) is 0. The van der Waals surface area contributed by atoms with Crippen LogP contribution in [0, 0.1) is 12.3 Å². The fourth-order valence-electron chi connectivity index (χ4n) is 2.09. The topological polar surface area (TPSA) is 41.5 Å². The third-order valence-corrected chi connectivity index (χ3v) is 3.32. The summed E-state index contributed by atoms with van der Waals surface area (Å²) in [7, 11) is 0. The highest BCUT2D eigenvalue weighted by atomic mass is 16.5. The summed E-state index contributed by atoms with van der Waals surface area (Å²) in [4.78, 5) is 0. The molecule has 0 spiro atoms. The fourth-order valence-corrected chi connectivity index (χ4v) is 2.09. The van der Waals surface area contributed by atoms with E-state index >= 15 is 0 Å². The monoisotopic (exact) mass is 235 g/mol. The van der Waals surface area contributed by atoms with Crippen LogP contribution in [0.15, 0.2) is 24.3 Å². The van der Waals surface area contributed by atoms with E-state index in [1.807, 2.05) is 0 Å². The molecule has 1 aromatic carbocycles. The number of hydrogen-bond donors (Lipinski definition) is 2. The first kappa shape index (κ1) is 12.6. The number of aliphatic hydroxyl groups is 1. The van der Waals surface area contributed by atoms with Gasteiger partial charge in [-0.3, -0.25) is 0 Å². The Bertz CT molecular complexity index is 355. The molecule has 94 valence electrons. The van der Waals surface area contributed by atoms with Gasteiger partial charge in [-0.25, -0.2) is 0 Å². The van der Waals surface area contributed by atoms with Crippen LogP contribution in [0.2, 0.25) is 0 Å². The number of rotatable bonds is 6. The zero-order valence-electron chi connectivity index (χ0n) is 10.4. The predicted molar refractivity (Wildman–Crippen MR) is 68.1 cm³/mol. The molecule has 3 nitrogen and oxygen atoms in total. The summed E-state index contributed by atoms with van der Waals surface area (Å²) in [6.07, 6.45) is 1.03. The van der Waals surface area contributed by atoms with Crippen molar-refractivity contribution in [2.45, 2.75) is 13.3 Å². The largest absolute Gasteiger partial charge is 0.396 e. The Hall–Kier alpha value is -0.900. The molecule has 1 fully saturated rings. The smallest absolute Gasteiger partial charge is 0.0579 e. The Balaban J connectivity index is 1.69. The van der Waals surface area contributed by atoms with Crippen LogP contribution in [0.3, 0.4) is 0 Å². The molecule has 0 amide bonds. The second-order valence-electron chi connectivity index (χ2n) is 5.07. The molecule has 0 aromatic heterocycles. The van der Waals surface area contributed by atoms with Crippen LogP contribution in [-0.2, 0) is 11.2 Å². The molecule has 0 aliphatic carbocycles. The maximum Gasteiger partial charge on any atom is 0.0579 e. The van der Waals surface area contributed by atoms with E-state index in [2.05, 4.69) is 36.5 Å². The SMILES string of the molecule is Cc1cccc(CCNCC2(CO)COC2)c1. The molecular weight excluding hydrogens is 214 g/mol. The van der Waals surface area contributed by atoms with Gasteiger partial charge in [-0.15, -0.1) is 0 Å². The van der Waals surface area contributed by atoms with Gasteiger partial charge in [-0.05, 0) is 25.5 Å². The predicted octanol–water partition coefficient (Wildman–Crippen LogP) is 1.14. The van der Waals surface area contributed by atoms with Gasteiger partial charge in [0.2, 0.25) is 0 Å². The highest BCUT2D eigenvalue weighted by Crippen LogP contribution is 2.25. The maximum atomic E-state index is 9.27. The lowest BCUT2D eigenvalue weighted by Gasteiger charge is -2.40. The van der Waals surface area contributed by atoms with Crippen LogP contribution in [0.25, 0.3) is 0 Å². The average molecular weight is 235 g/mol. The van der Waals surface area contributed by atoms with Crippen molar-refractivity contribution in [2.24, 2.45) is 5.41 Å². The number of aryl methyl sites for hydroxylation is 1. The van der Waals surface area contributed by atoms with Gasteiger partial charge in [0.1, 0.15) is 0 Å². The highest BCUT2D eigenvalue weighted by Gasteiger charge is 2.37. The summed E-state index contributed by atoms with van der Waals surface area (Å²) in [6.45, 7) is 5.48. The van der Waals surface area contributed by atoms with E-state index in [0.29, 0.717) is 13.2 Å². The lowest BCUT2D eigenvalue weighted by atomic mass is 9.87. The average Bonchev–Trinajstić information content (AvgIpc) is 2.27. The number of hydrogen-bond acceptors (Lipinski definition) is 3. The van der Waals surface area contributed by atoms with Gasteiger partial charge in [-0.1, -0.05) is 29.8 Å². The number of aliphatic hydroxyl groups excluding tert-OH is 1. The van der Waals surface area contributed by atoms with Crippen molar-refractivity contribution in [3.63, 3.8) is 0 Å². The second kappa shape index (κ2) is 5.63. The minimum absolute atomic E-state index is 0.0212. The molecule has 17 heavy (non-hydrogen) atoms. The van der Waals surface area contributed by atoms with Crippen molar-refractivity contribution >= 4 is 0 Å². The van der Waals surface area contributed by atoms with Crippen molar-refractivity contribution in [2.75, 3.05) is 32.9 Å². The van der Waals surface area contributed by atoms with E-state index in [1.54, 1.807) is 0 Å². The first-order valence-electron chi connectivity index (χ1n) is 6.19. The number of ether oxygens (including phenoxy) is 1. The van der Waals surface area contributed by atoms with Gasteiger partial charge < -0.3 is 15.2 Å². The molecule has 0 saturated carbocycles. The minimum Gasteiger partial charge on any atom is -0.396 e. The Labute approximate surface area is 103 Å². The molecule has 0 atom stereocenters. The molecule has 1 aliphatic rings. The molecule has 1 aliphatic heterocycles. The third-order valence-electron chi connectivity index (χ3n) is 3.32. The van der Waals surface area contributed by atoms with Crippen LogP contribution in [0.1, 0.15) is 11.1 Å². The first-order chi connectivity index (χ1) is 8.24. The fraction of sp³-hybridized carbons (Fsp3) is 0.571. The standard InChI is InChI=1S/C14H21NO2/c1-12-3-2-4-13(7-12)5-6-15-8-14(9-16)10-17-11-14/h2-4,7,15-16H,5-6,8-11H2,1H3. The zero-order valence-corrected chi connectivity index (χ0v) is 10.4. The summed E-state index contributed by atoms with van der Waals surface area (Å²) < 4.78 is 5.16. The molecule has 1 heterocycles. The van der Waals surface area contributed by atoms with Crippen LogP contribution >= 0.6 is 0 Å². The van der Waals surface area contributed by atoms with Crippen LogP contribution < -0.4 is 5.32 Å². The van der Waals surface area contributed by atoms with E-state index < -0.39 is 0 Å². The van der Waals surface area contributed by atoms with Crippen LogP contribution in [0.4, 0.5) is 0 Å². The Morgan fingerprint density at radius 1 is 1.41 bits per heavy atom. The van der Waals surface area contributed by atoms with Gasteiger partial charge >= 0.3 is 0 Å². The second-order valence-corrected chi connectivity index (χ2v) is 5.07. The molecule has 2 rings (SSSR count). The van der Waals surface area contributed by atoms with Crippen LogP contribution in [-0.4, -0.2) is 38.0 Å². The number of nitrogens with one attached hydrogen (secondary N) is 1. The molecule has 0 bridgehead atoms. The van der Waals surface area contributed by atoms with Crippen molar-refractivity contribution < 1.29 is 9.84 Å². The molecule has 1 saturated heterocycles. The molecule has 0 unspecified atom stereocenters. The summed E-state index contributed by atoms with van der Waals surface area (Å²) in [5.41, 5.74) is 2.65. The summed E-state index contributed by atoms with van der Waals surface area (Å²) >= 11 is 0. The normalized spacial score (nSPS) is 17.8. The Morgan fingerprint density at radius 2 is 2.24 bits per heavy atom. The third kappa shape index (κ3) is 3.28. The van der Waals surface area contributed by atoms with Gasteiger partial charge in [0.05, 0.1) is 25.2 Å². The van der Waals surface area contributed by atoms with E-state index in [4.69, 9.17) is 4.74 Å². The lowest BCUT2D eigenvalue weighted by molar-refractivity contribution is -0.134. The highest BCUT2D eigenvalue weighted by molar-refractivity contribution is 5.22. The van der Waals surface area contributed by atoms with Gasteiger partial charge in [0, 0.05) is 6.54 Å². The molecule has 1 aromatic rings. The Kier molecular flexibility index (Phi) is 4.15. The minimum atomic E-state index is -0.0212. The van der Waals surface area contributed by atoms with Crippen molar-refractivity contribution in [3.8, 4) is 0 Å². The van der Waals surface area contributed by atoms with E-state index in [9.17, 15) is 5.11 Å². The van der Waals surface area contributed by atoms with Crippen LogP contribution in [0.5, 0.6) is 0 Å². The van der Waals surface area contributed by atoms with Gasteiger partial charge in [0.25, 0.3) is 0 Å². The van der Waals surface area contributed by atoms with Gasteiger partial charge in [-0.2, -0.15) is 0 Å². The molecular formula is C14H21NO2. The van der Waals surface area contributed by atoms with Crippen molar-refractivity contribution in [1.82, 2.24) is 5.32 Å². The van der Waals surface area contributed by atoms with Crippen molar-refractivity contribution in [1.29, 1.82) is 0 Å². The quantitative estimate of drug-likeness (QED) is 0.726. The number of benzene rings is 1. The van der Waals surface area contributed by atoms with E-state index in [-0.39, 0.29) is 12.0 Å². The first-order valence-corrected chi connectivity index (χ1v) is 6.19. The maximum absolute atomic E-state index is 9.27. The Morgan fingerprint density at radius 3 is 2.82 bits per heavy atom. The van der Waals surface area contributed by atoms with Gasteiger partial charge in [0.15, 0.2) is 0 Å². The zero-order chi connectivity index (χ0) is 12.1. The summed E-state index contributed by atoms with van der Waals surface area (Å²) in [6, 6.07) is 8.59. The summed E-state index contributed by atoms with van der Waals surface area (Å²) in [5, 5.41) is 12.7.